The van der Waals surface area contributed by atoms with Gasteiger partial charge in [0, 0.05) is 18.0 Å². The van der Waals surface area contributed by atoms with Crippen LogP contribution in [0, 0.1) is 0 Å². The van der Waals surface area contributed by atoms with Gasteiger partial charge in [0.2, 0.25) is 0 Å². The molecule has 13 heavy (non-hydrogen) atoms. The van der Waals surface area contributed by atoms with E-state index in [2.05, 4.69) is 15.5 Å². The van der Waals surface area contributed by atoms with E-state index >= 15 is 0 Å². The van der Waals surface area contributed by atoms with E-state index in [4.69, 9.17) is 5.73 Å². The van der Waals surface area contributed by atoms with Gasteiger partial charge in [-0.2, -0.15) is 5.10 Å². The van der Waals surface area contributed by atoms with Crippen LogP contribution in [0.5, 0.6) is 0 Å². The summed E-state index contributed by atoms with van der Waals surface area (Å²) < 4.78 is 0. The molecule has 1 aromatic rings. The van der Waals surface area contributed by atoms with Crippen molar-refractivity contribution in [3.05, 3.63) is 30.1 Å². The molecule has 0 bridgehead atoms. The summed E-state index contributed by atoms with van der Waals surface area (Å²) in [5.74, 6) is 0. The second-order valence-electron chi connectivity index (χ2n) is 2.41. The van der Waals surface area contributed by atoms with Gasteiger partial charge in [-0.3, -0.25) is 4.98 Å². The zero-order valence-electron chi connectivity index (χ0n) is 7.19. The summed E-state index contributed by atoms with van der Waals surface area (Å²) in [5.41, 5.74) is 8.57. The number of amides is 2. The van der Waals surface area contributed by atoms with Gasteiger partial charge in [0.1, 0.15) is 0 Å². The lowest BCUT2D eigenvalue weighted by atomic mass is 10.2. The van der Waals surface area contributed by atoms with Crippen molar-refractivity contribution in [3.63, 3.8) is 0 Å². The smallest absolute Gasteiger partial charge is 0.332 e. The normalized spacial score (nSPS) is 11.0. The molecule has 1 heterocycles. The van der Waals surface area contributed by atoms with E-state index in [-0.39, 0.29) is 0 Å². The maximum atomic E-state index is 10.3. The average Bonchev–Trinajstić information content (AvgIpc) is 2.15. The summed E-state index contributed by atoms with van der Waals surface area (Å²) in [5, 5.41) is 3.76. The molecule has 0 aromatic carbocycles. The monoisotopic (exact) mass is 178 g/mol. The minimum Gasteiger partial charge on any atom is -0.350 e. The predicted octanol–water partition coefficient (Wildman–Crippen LogP) is 0.474. The molecular weight excluding hydrogens is 168 g/mol. The summed E-state index contributed by atoms with van der Waals surface area (Å²) in [6, 6.07) is 2.91. The van der Waals surface area contributed by atoms with Crippen LogP contribution in [-0.4, -0.2) is 16.7 Å². The lowest BCUT2D eigenvalue weighted by Crippen LogP contribution is -2.25. The second-order valence-corrected chi connectivity index (χ2v) is 2.41. The summed E-state index contributed by atoms with van der Waals surface area (Å²) >= 11 is 0. The van der Waals surface area contributed by atoms with Crippen molar-refractivity contribution in [1.82, 2.24) is 10.4 Å². The number of hydrogen-bond acceptors (Lipinski definition) is 3. The van der Waals surface area contributed by atoms with Crippen molar-refractivity contribution in [1.29, 1.82) is 0 Å². The molecule has 3 N–H and O–H groups in total. The Bertz CT molecular complexity index is 320. The van der Waals surface area contributed by atoms with Crippen LogP contribution in [-0.2, 0) is 0 Å². The largest absolute Gasteiger partial charge is 0.350 e. The van der Waals surface area contributed by atoms with Crippen molar-refractivity contribution in [2.75, 3.05) is 0 Å². The Balaban J connectivity index is 2.73. The topological polar surface area (TPSA) is 80.4 Å². The number of hydrazone groups is 1. The first kappa shape index (κ1) is 9.18. The molecule has 0 radical (unpaired) electrons. The molecule has 5 nitrogen and oxygen atoms in total. The van der Waals surface area contributed by atoms with E-state index in [0.717, 1.165) is 5.56 Å². The number of aromatic nitrogens is 1. The number of pyridine rings is 1. The van der Waals surface area contributed by atoms with Gasteiger partial charge in [0.05, 0.1) is 5.71 Å². The number of nitrogens with one attached hydrogen (secondary N) is 1. The number of primary amides is 1. The molecular formula is C8H10N4O. The quantitative estimate of drug-likeness (QED) is 0.510. The van der Waals surface area contributed by atoms with Crippen molar-refractivity contribution in [2.45, 2.75) is 6.92 Å². The first-order chi connectivity index (χ1) is 6.20. The number of nitrogens with two attached hydrogens (primary N) is 1. The Kier molecular flexibility index (Phi) is 2.97. The van der Waals surface area contributed by atoms with Gasteiger partial charge in [-0.15, -0.1) is 0 Å². The SMILES string of the molecule is CC(=NNC(N)=O)c1ccncc1. The molecule has 0 unspecified atom stereocenters. The lowest BCUT2D eigenvalue weighted by Gasteiger charge is -1.98. The summed E-state index contributed by atoms with van der Waals surface area (Å²) in [4.78, 5) is 14.2. The Hall–Kier alpha value is -1.91. The van der Waals surface area contributed by atoms with Crippen LogP contribution in [0.4, 0.5) is 4.79 Å². The molecule has 0 spiro atoms. The van der Waals surface area contributed by atoms with Gasteiger partial charge in [0.25, 0.3) is 0 Å². The molecule has 1 rings (SSSR count). The molecule has 0 aliphatic carbocycles. The molecule has 1 aromatic heterocycles. The molecule has 5 heteroatoms. The van der Waals surface area contributed by atoms with E-state index in [9.17, 15) is 4.79 Å². The Morgan fingerprint density at radius 1 is 1.54 bits per heavy atom. The highest BCUT2D eigenvalue weighted by atomic mass is 16.2. The number of carbonyl (C=O) groups excluding carboxylic acids is 1. The number of hydrogen-bond donors (Lipinski definition) is 2. The molecule has 0 saturated heterocycles. The molecule has 0 aliphatic heterocycles. The third-order valence-electron chi connectivity index (χ3n) is 1.43. The van der Waals surface area contributed by atoms with E-state index in [1.54, 1.807) is 31.5 Å². The molecule has 0 aliphatic rings. The van der Waals surface area contributed by atoms with E-state index in [0.29, 0.717) is 5.71 Å². The third kappa shape index (κ3) is 2.90. The van der Waals surface area contributed by atoms with Gasteiger partial charge in [0.15, 0.2) is 0 Å². The average molecular weight is 178 g/mol. The van der Waals surface area contributed by atoms with Crippen LogP contribution in [0.1, 0.15) is 12.5 Å². The first-order valence-electron chi connectivity index (χ1n) is 3.70. The van der Waals surface area contributed by atoms with E-state index in [1.165, 1.54) is 0 Å². The van der Waals surface area contributed by atoms with Crippen molar-refractivity contribution >= 4 is 11.7 Å². The fourth-order valence-electron chi connectivity index (χ4n) is 0.797. The molecule has 0 saturated carbocycles. The van der Waals surface area contributed by atoms with Crippen LogP contribution < -0.4 is 11.2 Å². The zero-order chi connectivity index (χ0) is 9.68. The maximum Gasteiger partial charge on any atom is 0.332 e. The number of rotatable bonds is 2. The Labute approximate surface area is 75.7 Å². The van der Waals surface area contributed by atoms with Crippen molar-refractivity contribution in [3.8, 4) is 0 Å². The van der Waals surface area contributed by atoms with Crippen molar-refractivity contribution in [2.24, 2.45) is 10.8 Å². The summed E-state index contributed by atoms with van der Waals surface area (Å²) in [6.45, 7) is 1.77. The highest BCUT2D eigenvalue weighted by Crippen LogP contribution is 1.97. The third-order valence-corrected chi connectivity index (χ3v) is 1.43. The van der Waals surface area contributed by atoms with Gasteiger partial charge < -0.3 is 5.73 Å². The van der Waals surface area contributed by atoms with Crippen LogP contribution in [0.3, 0.4) is 0 Å². The minimum atomic E-state index is -0.673. The van der Waals surface area contributed by atoms with Crippen molar-refractivity contribution < 1.29 is 4.79 Å². The van der Waals surface area contributed by atoms with Crippen LogP contribution in [0.25, 0.3) is 0 Å². The van der Waals surface area contributed by atoms with Crippen LogP contribution in [0.15, 0.2) is 29.6 Å². The Morgan fingerprint density at radius 3 is 2.69 bits per heavy atom. The Morgan fingerprint density at radius 2 is 2.15 bits per heavy atom. The van der Waals surface area contributed by atoms with Gasteiger partial charge >= 0.3 is 6.03 Å². The fraction of sp³-hybridized carbons (Fsp3) is 0.125. The maximum absolute atomic E-state index is 10.3. The number of carbonyl (C=O) groups is 1. The number of nitrogens with zero attached hydrogens (tertiary/aromatic N) is 2. The van der Waals surface area contributed by atoms with Gasteiger partial charge in [-0.1, -0.05) is 0 Å². The second kappa shape index (κ2) is 4.20. The molecule has 0 atom stereocenters. The summed E-state index contributed by atoms with van der Waals surface area (Å²) in [7, 11) is 0. The van der Waals surface area contributed by atoms with E-state index < -0.39 is 6.03 Å². The molecule has 68 valence electrons. The highest BCUT2D eigenvalue weighted by molar-refractivity contribution is 5.98. The standard InChI is InChI=1S/C8H10N4O/c1-6(11-12-8(9)13)7-2-4-10-5-3-7/h2-5H,1H3,(H3,9,12,13). The fourth-order valence-corrected chi connectivity index (χ4v) is 0.797. The summed E-state index contributed by atoms with van der Waals surface area (Å²) in [6.07, 6.45) is 3.30. The minimum absolute atomic E-state index is 0.673. The van der Waals surface area contributed by atoms with Gasteiger partial charge in [-0.05, 0) is 19.1 Å². The molecule has 2 amide bonds. The lowest BCUT2D eigenvalue weighted by molar-refractivity contribution is 0.249. The predicted molar refractivity (Wildman–Crippen MR) is 49.2 cm³/mol. The highest BCUT2D eigenvalue weighted by Gasteiger charge is 1.95. The van der Waals surface area contributed by atoms with Gasteiger partial charge in [-0.25, -0.2) is 10.2 Å². The van der Waals surface area contributed by atoms with Crippen LogP contribution >= 0.6 is 0 Å². The number of urea groups is 1. The zero-order valence-corrected chi connectivity index (χ0v) is 7.19. The van der Waals surface area contributed by atoms with E-state index in [1.807, 2.05) is 0 Å². The van der Waals surface area contributed by atoms with Crippen LogP contribution in [0.2, 0.25) is 0 Å². The molecule has 0 fully saturated rings. The first-order valence-corrected chi connectivity index (χ1v) is 3.70.